The van der Waals surface area contributed by atoms with Crippen molar-refractivity contribution in [1.29, 1.82) is 10.5 Å². The summed E-state index contributed by atoms with van der Waals surface area (Å²) in [6.45, 7) is 1.86. The smallest absolute Gasteiger partial charge is 0.250 e. The monoisotopic (exact) mass is 262 g/mol. The summed E-state index contributed by atoms with van der Waals surface area (Å²) in [5.74, 6) is 0. The molecule has 7 heteroatoms. The Morgan fingerprint density at radius 2 is 2.17 bits per heavy atom. The second kappa shape index (κ2) is 6.52. The summed E-state index contributed by atoms with van der Waals surface area (Å²) >= 11 is -2.31. The molecule has 6 nitrogen and oxygen atoms in total. The average molecular weight is 262 g/mol. The highest BCUT2D eigenvalue weighted by Crippen LogP contribution is 2.15. The van der Waals surface area contributed by atoms with Crippen LogP contribution in [0.3, 0.4) is 0 Å². The molecule has 2 N–H and O–H groups in total. The van der Waals surface area contributed by atoms with Crippen molar-refractivity contribution in [2.45, 2.75) is 6.92 Å². The van der Waals surface area contributed by atoms with Gasteiger partial charge in [-0.1, -0.05) is 12.1 Å². The van der Waals surface area contributed by atoms with Gasteiger partial charge in [-0.05, 0) is 24.6 Å². The van der Waals surface area contributed by atoms with E-state index in [9.17, 15) is 4.21 Å². The van der Waals surface area contributed by atoms with Gasteiger partial charge in [-0.15, -0.1) is 4.83 Å². The zero-order chi connectivity index (χ0) is 13.5. The minimum Gasteiger partial charge on any atom is -0.293 e. The number of hydrogen-bond donors (Lipinski definition) is 2. The number of nitrogens with one attached hydrogen (secondary N) is 1. The lowest BCUT2D eigenvalue weighted by molar-refractivity contribution is 0.549. The van der Waals surface area contributed by atoms with Crippen molar-refractivity contribution in [3.8, 4) is 12.1 Å². The van der Waals surface area contributed by atoms with Crippen LogP contribution in [0.5, 0.6) is 0 Å². The van der Waals surface area contributed by atoms with E-state index in [1.54, 1.807) is 30.3 Å². The molecule has 0 saturated heterocycles. The van der Waals surface area contributed by atoms with E-state index in [0.29, 0.717) is 5.69 Å². The van der Waals surface area contributed by atoms with Crippen LogP contribution in [-0.2, 0) is 11.3 Å². The van der Waals surface area contributed by atoms with Crippen LogP contribution >= 0.6 is 0 Å². The van der Waals surface area contributed by atoms with Crippen LogP contribution in [0.25, 0.3) is 0 Å². The lowest BCUT2D eigenvalue weighted by atomic mass is 10.2. The molecule has 0 radical (unpaired) electrons. The Bertz CT molecular complexity index is 555. The topological polar surface area (TPSA) is 100 Å². The van der Waals surface area contributed by atoms with Gasteiger partial charge in [0.05, 0.1) is 11.9 Å². The number of nitriles is 2. The Kier molecular flexibility index (Phi) is 5.03. The predicted octanol–water partition coefficient (Wildman–Crippen LogP) is 1.37. The molecule has 0 bridgehead atoms. The zero-order valence-corrected chi connectivity index (χ0v) is 10.3. The van der Waals surface area contributed by atoms with Gasteiger partial charge in [0.25, 0.3) is 11.3 Å². The van der Waals surface area contributed by atoms with Crippen LogP contribution in [0, 0.1) is 29.6 Å². The number of rotatable bonds is 4. The molecule has 0 fully saturated rings. The third-order valence-corrected chi connectivity index (χ3v) is 2.31. The minimum atomic E-state index is -2.31. The summed E-state index contributed by atoms with van der Waals surface area (Å²) in [5, 5.41) is 18.5. The van der Waals surface area contributed by atoms with Crippen LogP contribution in [-0.4, -0.2) is 8.76 Å². The normalized spacial score (nSPS) is 10.9. The maximum Gasteiger partial charge on any atom is 0.250 e. The number of anilines is 1. The van der Waals surface area contributed by atoms with Crippen molar-refractivity contribution in [3.63, 3.8) is 0 Å². The van der Waals surface area contributed by atoms with Gasteiger partial charge in [0, 0.05) is 0 Å². The van der Waals surface area contributed by atoms with Crippen molar-refractivity contribution < 1.29 is 8.76 Å². The van der Waals surface area contributed by atoms with Gasteiger partial charge < -0.3 is 0 Å². The van der Waals surface area contributed by atoms with E-state index < -0.39 is 11.3 Å². The first-order chi connectivity index (χ1) is 8.56. The maximum absolute atomic E-state index is 10.8. The third kappa shape index (κ3) is 4.00. The highest BCUT2D eigenvalue weighted by Gasteiger charge is 2.08. The Labute approximate surface area is 107 Å². The quantitative estimate of drug-likeness (QED) is 0.485. The van der Waals surface area contributed by atoms with E-state index >= 15 is 0 Å². The summed E-state index contributed by atoms with van der Waals surface area (Å²) in [6, 6.07) is 10.4. The summed E-state index contributed by atoms with van der Waals surface area (Å²) in [5.41, 5.74) is 1.29. The maximum atomic E-state index is 10.8. The van der Waals surface area contributed by atoms with Gasteiger partial charge >= 0.3 is 0 Å². The Balaban J connectivity index is 3.15. The van der Waals surface area contributed by atoms with Gasteiger partial charge in [-0.3, -0.25) is 9.56 Å². The van der Waals surface area contributed by atoms with E-state index in [2.05, 4.69) is 4.83 Å². The Hall–Kier alpha value is -2.19. The molecule has 0 aliphatic carbocycles. The molecule has 1 atom stereocenters. The van der Waals surface area contributed by atoms with Crippen molar-refractivity contribution in [2.24, 2.45) is 0 Å². The highest BCUT2D eigenvalue weighted by molar-refractivity contribution is 7.77. The molecule has 0 saturated carbocycles. The molecular weight excluding hydrogens is 252 g/mol. The lowest BCUT2D eigenvalue weighted by Gasteiger charge is -2.19. The Morgan fingerprint density at radius 1 is 1.50 bits per heavy atom. The molecule has 0 amide bonds. The Morgan fingerprint density at radius 3 is 2.67 bits per heavy atom. The number of aryl methyl sites for hydroxylation is 1. The molecule has 92 valence electrons. The second-order valence-corrected chi connectivity index (χ2v) is 4.00. The van der Waals surface area contributed by atoms with Crippen LogP contribution < -0.4 is 9.84 Å². The van der Waals surface area contributed by atoms with Gasteiger partial charge in [0.2, 0.25) is 0 Å². The van der Waals surface area contributed by atoms with Gasteiger partial charge in [0.15, 0.2) is 0 Å². The minimum absolute atomic E-state index is 0.186. The van der Waals surface area contributed by atoms with Crippen LogP contribution in [0.15, 0.2) is 36.0 Å². The molecule has 1 rings (SSSR count). The fourth-order valence-electron chi connectivity index (χ4n) is 1.23. The molecule has 1 unspecified atom stereocenters. The fraction of sp³-hybridized carbons (Fsp3) is 0.0909. The molecule has 1 aromatic carbocycles. The molecule has 0 aliphatic heterocycles. The van der Waals surface area contributed by atoms with Gasteiger partial charge in [0.1, 0.15) is 17.7 Å². The van der Waals surface area contributed by atoms with Crippen molar-refractivity contribution in [2.75, 3.05) is 5.01 Å². The number of benzene rings is 1. The standard InChI is InChI=1S/C11H10N4O2S/c1-9-3-2-4-11(5-9)15(14-18(16)17)8-10(6-12)7-13/h2-5,8,14H,1H3,(H,16,17). The van der Waals surface area contributed by atoms with E-state index in [0.717, 1.165) is 16.8 Å². The summed E-state index contributed by atoms with van der Waals surface area (Å²) in [4.78, 5) is 2.20. The van der Waals surface area contributed by atoms with Crippen LogP contribution in [0.2, 0.25) is 0 Å². The van der Waals surface area contributed by atoms with Gasteiger partial charge in [-0.25, -0.2) is 4.21 Å². The van der Waals surface area contributed by atoms with E-state index in [1.807, 2.05) is 13.0 Å². The molecule has 18 heavy (non-hydrogen) atoms. The van der Waals surface area contributed by atoms with Crippen LogP contribution in [0.4, 0.5) is 5.69 Å². The molecule has 1 aromatic rings. The first-order valence-electron chi connectivity index (χ1n) is 4.82. The van der Waals surface area contributed by atoms with E-state index in [-0.39, 0.29) is 5.57 Å². The molecule has 0 heterocycles. The van der Waals surface area contributed by atoms with E-state index in [1.165, 1.54) is 0 Å². The van der Waals surface area contributed by atoms with Crippen molar-refractivity contribution in [1.82, 2.24) is 4.83 Å². The molecule has 0 spiro atoms. The third-order valence-electron chi connectivity index (χ3n) is 1.96. The van der Waals surface area contributed by atoms with Crippen molar-refractivity contribution in [3.05, 3.63) is 41.6 Å². The summed E-state index contributed by atoms with van der Waals surface area (Å²) in [6.07, 6.45) is 1.16. The number of hydrazine groups is 1. The second-order valence-electron chi connectivity index (χ2n) is 3.32. The van der Waals surface area contributed by atoms with Crippen LogP contribution in [0.1, 0.15) is 5.56 Å². The first-order valence-corrected chi connectivity index (χ1v) is 5.92. The SMILES string of the molecule is Cc1cccc(N(C=C(C#N)C#N)NS(=O)O)c1. The summed E-state index contributed by atoms with van der Waals surface area (Å²) in [7, 11) is 0. The van der Waals surface area contributed by atoms with Crippen molar-refractivity contribution >= 4 is 17.0 Å². The number of hydrogen-bond acceptors (Lipinski definition) is 4. The highest BCUT2D eigenvalue weighted by atomic mass is 32.2. The largest absolute Gasteiger partial charge is 0.293 e. The van der Waals surface area contributed by atoms with Gasteiger partial charge in [-0.2, -0.15) is 10.5 Å². The van der Waals surface area contributed by atoms with E-state index in [4.69, 9.17) is 15.1 Å². The lowest BCUT2D eigenvalue weighted by Crippen LogP contribution is -2.35. The molecular formula is C11H10N4O2S. The number of allylic oxidation sites excluding steroid dienone is 1. The predicted molar refractivity (Wildman–Crippen MR) is 66.9 cm³/mol. The zero-order valence-electron chi connectivity index (χ0n) is 9.49. The summed E-state index contributed by atoms with van der Waals surface area (Å²) < 4.78 is 19.6. The average Bonchev–Trinajstić information content (AvgIpc) is 2.34. The molecule has 0 aliphatic rings. The fourth-order valence-corrected chi connectivity index (χ4v) is 1.55. The first kappa shape index (κ1) is 13.9. The molecule has 0 aromatic heterocycles. The number of nitrogens with zero attached hydrogens (tertiary/aromatic N) is 3.